The third-order valence-corrected chi connectivity index (χ3v) is 4.09. The summed E-state index contributed by atoms with van der Waals surface area (Å²) in [5.41, 5.74) is 1.29. The van der Waals surface area contributed by atoms with Crippen LogP contribution < -0.4 is 5.32 Å². The summed E-state index contributed by atoms with van der Waals surface area (Å²) in [4.78, 5) is 4.30. The van der Waals surface area contributed by atoms with Crippen LogP contribution in [0.15, 0.2) is 12.5 Å². The smallest absolute Gasteiger partial charge is 0.0948 e. The van der Waals surface area contributed by atoms with Crippen LogP contribution in [0.25, 0.3) is 0 Å². The summed E-state index contributed by atoms with van der Waals surface area (Å²) < 4.78 is 7.36. The van der Waals surface area contributed by atoms with E-state index in [0.717, 1.165) is 38.1 Å². The van der Waals surface area contributed by atoms with Crippen LogP contribution in [-0.4, -0.2) is 29.8 Å². The largest absolute Gasteiger partial charge is 0.383 e. The Morgan fingerprint density at radius 3 is 3.16 bits per heavy atom. The predicted molar refractivity (Wildman–Crippen MR) is 76.9 cm³/mol. The van der Waals surface area contributed by atoms with Crippen molar-refractivity contribution < 1.29 is 4.74 Å². The van der Waals surface area contributed by atoms with Gasteiger partial charge in [0.1, 0.15) is 0 Å². The van der Waals surface area contributed by atoms with Gasteiger partial charge in [0.25, 0.3) is 0 Å². The molecule has 2 unspecified atom stereocenters. The summed E-state index contributed by atoms with van der Waals surface area (Å²) in [7, 11) is 1.73. The first-order chi connectivity index (χ1) is 9.29. The van der Waals surface area contributed by atoms with Crippen LogP contribution in [0.4, 0.5) is 0 Å². The molecule has 1 aromatic rings. The first kappa shape index (κ1) is 14.5. The van der Waals surface area contributed by atoms with Crippen LogP contribution in [0, 0.1) is 11.8 Å². The molecule has 4 nitrogen and oxygen atoms in total. The molecule has 2 atom stereocenters. The molecule has 108 valence electrons. The van der Waals surface area contributed by atoms with Gasteiger partial charge in [0.2, 0.25) is 0 Å². The van der Waals surface area contributed by atoms with E-state index in [1.54, 1.807) is 7.11 Å². The van der Waals surface area contributed by atoms with E-state index in [1.807, 2.05) is 12.5 Å². The summed E-state index contributed by atoms with van der Waals surface area (Å²) in [6.45, 7) is 6.04. The molecular formula is C15H27N3O. The van der Waals surface area contributed by atoms with Crippen molar-refractivity contribution in [3.8, 4) is 0 Å². The van der Waals surface area contributed by atoms with Gasteiger partial charge in [-0.15, -0.1) is 0 Å². The molecule has 1 aliphatic carbocycles. The van der Waals surface area contributed by atoms with E-state index in [1.165, 1.54) is 31.4 Å². The van der Waals surface area contributed by atoms with E-state index < -0.39 is 0 Å². The van der Waals surface area contributed by atoms with Crippen LogP contribution in [0.5, 0.6) is 0 Å². The van der Waals surface area contributed by atoms with Crippen molar-refractivity contribution in [2.45, 2.75) is 45.7 Å². The average molecular weight is 265 g/mol. The number of hydrogen-bond donors (Lipinski definition) is 1. The second-order valence-electron chi connectivity index (χ2n) is 5.84. The highest BCUT2D eigenvalue weighted by atomic mass is 16.5. The molecule has 1 saturated carbocycles. The lowest BCUT2D eigenvalue weighted by molar-refractivity contribution is 0.198. The normalized spacial score (nSPS) is 23.7. The first-order valence-corrected chi connectivity index (χ1v) is 7.48. The van der Waals surface area contributed by atoms with Gasteiger partial charge in [-0.25, -0.2) is 4.98 Å². The second-order valence-corrected chi connectivity index (χ2v) is 5.84. The highest BCUT2D eigenvalue weighted by Crippen LogP contribution is 2.29. The van der Waals surface area contributed by atoms with Crippen LogP contribution in [0.3, 0.4) is 0 Å². The standard InChI is InChI=1S/C15H27N3O/c1-13-4-3-5-14(8-13)11-18-12-17-10-15(18)9-16-6-7-19-2/h10,12-14,16H,3-9,11H2,1-2H3. The van der Waals surface area contributed by atoms with Gasteiger partial charge in [-0.2, -0.15) is 0 Å². The van der Waals surface area contributed by atoms with E-state index in [2.05, 4.69) is 21.8 Å². The van der Waals surface area contributed by atoms with Gasteiger partial charge >= 0.3 is 0 Å². The molecule has 0 aliphatic heterocycles. The predicted octanol–water partition coefficient (Wildman–Crippen LogP) is 2.45. The van der Waals surface area contributed by atoms with Crippen molar-refractivity contribution >= 4 is 0 Å². The van der Waals surface area contributed by atoms with E-state index in [4.69, 9.17) is 4.74 Å². The number of rotatable bonds is 7. The van der Waals surface area contributed by atoms with Crippen molar-refractivity contribution in [2.24, 2.45) is 11.8 Å². The first-order valence-electron chi connectivity index (χ1n) is 7.48. The zero-order valence-corrected chi connectivity index (χ0v) is 12.3. The minimum Gasteiger partial charge on any atom is -0.383 e. The van der Waals surface area contributed by atoms with Gasteiger partial charge in [-0.1, -0.05) is 19.8 Å². The molecule has 19 heavy (non-hydrogen) atoms. The summed E-state index contributed by atoms with van der Waals surface area (Å²) in [5.74, 6) is 1.72. The summed E-state index contributed by atoms with van der Waals surface area (Å²) >= 11 is 0. The Kier molecular flexibility index (Phi) is 5.86. The third kappa shape index (κ3) is 4.62. The molecule has 1 fully saturated rings. The zero-order chi connectivity index (χ0) is 13.5. The summed E-state index contributed by atoms with van der Waals surface area (Å²) in [5, 5.41) is 3.39. The Morgan fingerprint density at radius 1 is 1.47 bits per heavy atom. The highest BCUT2D eigenvalue weighted by molar-refractivity contribution is 4.98. The van der Waals surface area contributed by atoms with Crippen molar-refractivity contribution in [2.75, 3.05) is 20.3 Å². The molecule has 2 rings (SSSR count). The molecule has 0 bridgehead atoms. The number of ether oxygens (including phenoxy) is 1. The summed E-state index contributed by atoms with van der Waals surface area (Å²) in [6.07, 6.45) is 9.50. The molecule has 4 heteroatoms. The van der Waals surface area contributed by atoms with E-state index in [-0.39, 0.29) is 0 Å². The van der Waals surface area contributed by atoms with E-state index in [0.29, 0.717) is 0 Å². The Balaban J connectivity index is 1.81. The van der Waals surface area contributed by atoms with Crippen LogP contribution >= 0.6 is 0 Å². The number of hydrogen-bond acceptors (Lipinski definition) is 3. The third-order valence-electron chi connectivity index (χ3n) is 4.09. The van der Waals surface area contributed by atoms with Crippen LogP contribution in [-0.2, 0) is 17.8 Å². The number of nitrogens with one attached hydrogen (secondary N) is 1. The van der Waals surface area contributed by atoms with E-state index >= 15 is 0 Å². The average Bonchev–Trinajstić information content (AvgIpc) is 2.82. The maximum absolute atomic E-state index is 5.04. The number of nitrogens with zero attached hydrogens (tertiary/aromatic N) is 2. The second kappa shape index (κ2) is 7.65. The molecule has 0 spiro atoms. The maximum atomic E-state index is 5.04. The molecule has 1 N–H and O–H groups in total. The minimum absolute atomic E-state index is 0.758. The van der Waals surface area contributed by atoms with Gasteiger partial charge < -0.3 is 14.6 Å². The molecule has 0 aromatic carbocycles. The van der Waals surface area contributed by atoms with Crippen LogP contribution in [0.2, 0.25) is 0 Å². The fraction of sp³-hybridized carbons (Fsp3) is 0.800. The fourth-order valence-corrected chi connectivity index (χ4v) is 3.05. The molecular weight excluding hydrogens is 238 g/mol. The molecule has 0 amide bonds. The Bertz CT molecular complexity index is 364. The lowest BCUT2D eigenvalue weighted by Crippen LogP contribution is -2.23. The van der Waals surface area contributed by atoms with Crippen molar-refractivity contribution in [3.63, 3.8) is 0 Å². The van der Waals surface area contributed by atoms with Crippen molar-refractivity contribution in [1.82, 2.24) is 14.9 Å². The van der Waals surface area contributed by atoms with Crippen LogP contribution in [0.1, 0.15) is 38.3 Å². The highest BCUT2D eigenvalue weighted by Gasteiger charge is 2.19. The van der Waals surface area contributed by atoms with Crippen molar-refractivity contribution in [1.29, 1.82) is 0 Å². The fourth-order valence-electron chi connectivity index (χ4n) is 3.05. The lowest BCUT2D eigenvalue weighted by atomic mass is 9.82. The maximum Gasteiger partial charge on any atom is 0.0948 e. The van der Waals surface area contributed by atoms with Gasteiger partial charge in [0.05, 0.1) is 18.6 Å². The van der Waals surface area contributed by atoms with Gasteiger partial charge in [-0.05, 0) is 24.7 Å². The molecule has 0 radical (unpaired) electrons. The zero-order valence-electron chi connectivity index (χ0n) is 12.3. The molecule has 0 saturated heterocycles. The Hall–Kier alpha value is -0.870. The lowest BCUT2D eigenvalue weighted by Gasteiger charge is -2.27. The van der Waals surface area contributed by atoms with Gasteiger partial charge in [0, 0.05) is 32.9 Å². The quantitative estimate of drug-likeness (QED) is 0.770. The van der Waals surface area contributed by atoms with Gasteiger partial charge in [0.15, 0.2) is 0 Å². The van der Waals surface area contributed by atoms with Gasteiger partial charge in [-0.3, -0.25) is 0 Å². The topological polar surface area (TPSA) is 39.1 Å². The Labute approximate surface area is 116 Å². The SMILES string of the molecule is COCCNCc1cncn1CC1CCCC(C)C1. The minimum atomic E-state index is 0.758. The summed E-state index contributed by atoms with van der Waals surface area (Å²) in [6, 6.07) is 0. The molecule has 1 heterocycles. The number of aromatic nitrogens is 2. The monoisotopic (exact) mass is 265 g/mol. The number of imidazole rings is 1. The van der Waals surface area contributed by atoms with E-state index in [9.17, 15) is 0 Å². The molecule has 1 aliphatic rings. The number of methoxy groups -OCH3 is 1. The molecule has 1 aromatic heterocycles. The Morgan fingerprint density at radius 2 is 2.37 bits per heavy atom. The van der Waals surface area contributed by atoms with Crippen molar-refractivity contribution in [3.05, 3.63) is 18.2 Å².